The molecule has 1 saturated heterocycles. The molecular formula is C18H16Cl2N4O3S. The van der Waals surface area contributed by atoms with E-state index in [9.17, 15) is 8.42 Å². The Morgan fingerprint density at radius 1 is 1.11 bits per heavy atom. The molecule has 146 valence electrons. The number of sulfonamides is 1. The van der Waals surface area contributed by atoms with Crippen LogP contribution in [0.2, 0.25) is 10.0 Å². The van der Waals surface area contributed by atoms with Crippen LogP contribution in [0.3, 0.4) is 0 Å². The molecule has 2 heterocycles. The van der Waals surface area contributed by atoms with Crippen molar-refractivity contribution >= 4 is 33.2 Å². The molecule has 0 spiro atoms. The zero-order valence-electron chi connectivity index (χ0n) is 14.6. The Labute approximate surface area is 172 Å². The number of rotatable bonds is 6. The average Bonchev–Trinajstić information content (AvgIpc) is 3.10. The van der Waals surface area contributed by atoms with Gasteiger partial charge in [0.1, 0.15) is 22.9 Å². The van der Waals surface area contributed by atoms with Gasteiger partial charge in [-0.2, -0.15) is 4.31 Å². The van der Waals surface area contributed by atoms with Crippen molar-refractivity contribution in [2.75, 3.05) is 13.1 Å². The zero-order valence-corrected chi connectivity index (χ0v) is 16.9. The molecule has 1 aromatic heterocycles. The maximum Gasteiger partial charge on any atom is 0.244 e. The van der Waals surface area contributed by atoms with Gasteiger partial charge in [0.25, 0.3) is 0 Å². The first-order chi connectivity index (χ1) is 13.4. The van der Waals surface area contributed by atoms with E-state index in [1.54, 1.807) is 16.9 Å². The molecule has 7 nitrogen and oxygen atoms in total. The molecule has 4 rings (SSSR count). The van der Waals surface area contributed by atoms with E-state index in [4.69, 9.17) is 27.9 Å². The summed E-state index contributed by atoms with van der Waals surface area (Å²) in [5, 5.41) is 8.64. The van der Waals surface area contributed by atoms with Gasteiger partial charge in [-0.1, -0.05) is 46.6 Å². The summed E-state index contributed by atoms with van der Waals surface area (Å²) in [6.45, 7) is 0.859. The van der Waals surface area contributed by atoms with E-state index in [2.05, 4.69) is 10.3 Å². The van der Waals surface area contributed by atoms with Gasteiger partial charge in [-0.3, -0.25) is 0 Å². The second kappa shape index (κ2) is 7.71. The Bertz CT molecular complexity index is 1080. The Hall–Kier alpha value is -2.13. The number of nitrogens with zero attached hydrogens (tertiary/aromatic N) is 4. The average molecular weight is 439 g/mol. The lowest BCUT2D eigenvalue weighted by Gasteiger charge is -2.37. The smallest absolute Gasteiger partial charge is 0.244 e. The SMILES string of the molecule is O=S(=O)(c1cc(Cl)ccc1Cl)N1CC(n2cc(COc3ccccc3)nn2)C1. The molecule has 0 bridgehead atoms. The number of halogens is 2. The van der Waals surface area contributed by atoms with Crippen LogP contribution < -0.4 is 4.74 Å². The Morgan fingerprint density at radius 3 is 2.61 bits per heavy atom. The van der Waals surface area contributed by atoms with Gasteiger partial charge < -0.3 is 4.74 Å². The molecule has 0 saturated carbocycles. The van der Waals surface area contributed by atoms with Crippen LogP contribution >= 0.6 is 23.2 Å². The van der Waals surface area contributed by atoms with Gasteiger partial charge >= 0.3 is 0 Å². The third-order valence-corrected chi connectivity index (χ3v) is 6.95. The second-order valence-corrected chi connectivity index (χ2v) is 9.09. The molecule has 0 unspecified atom stereocenters. The van der Waals surface area contributed by atoms with Gasteiger partial charge in [0.05, 0.1) is 17.3 Å². The summed E-state index contributed by atoms with van der Waals surface area (Å²) in [4.78, 5) is 0.00987. The van der Waals surface area contributed by atoms with Crippen molar-refractivity contribution in [3.63, 3.8) is 0 Å². The molecule has 0 atom stereocenters. The van der Waals surface area contributed by atoms with Crippen LogP contribution in [-0.2, 0) is 16.6 Å². The van der Waals surface area contributed by atoms with E-state index in [1.165, 1.54) is 16.4 Å². The van der Waals surface area contributed by atoms with Crippen molar-refractivity contribution in [1.29, 1.82) is 0 Å². The number of benzene rings is 2. The largest absolute Gasteiger partial charge is 0.487 e. The fourth-order valence-electron chi connectivity index (χ4n) is 2.83. The summed E-state index contributed by atoms with van der Waals surface area (Å²) in [6.07, 6.45) is 1.77. The van der Waals surface area contributed by atoms with E-state index in [0.717, 1.165) is 5.75 Å². The minimum atomic E-state index is -3.71. The Balaban J connectivity index is 1.39. The van der Waals surface area contributed by atoms with E-state index in [-0.39, 0.29) is 35.7 Å². The van der Waals surface area contributed by atoms with E-state index >= 15 is 0 Å². The quantitative estimate of drug-likeness (QED) is 0.589. The van der Waals surface area contributed by atoms with Gasteiger partial charge in [0.15, 0.2) is 0 Å². The summed E-state index contributed by atoms with van der Waals surface area (Å²) < 4.78 is 34.1. The molecule has 1 aliphatic heterocycles. The van der Waals surface area contributed by atoms with Crippen molar-refractivity contribution in [2.24, 2.45) is 0 Å². The number of aromatic nitrogens is 3. The fraction of sp³-hybridized carbons (Fsp3) is 0.222. The first kappa shape index (κ1) is 19.2. The highest BCUT2D eigenvalue weighted by Gasteiger charge is 2.39. The lowest BCUT2D eigenvalue weighted by Crippen LogP contribution is -2.50. The number of hydrogen-bond acceptors (Lipinski definition) is 5. The summed E-state index contributed by atoms with van der Waals surface area (Å²) in [5.74, 6) is 0.747. The summed E-state index contributed by atoms with van der Waals surface area (Å²) in [7, 11) is -3.71. The molecule has 0 radical (unpaired) electrons. The van der Waals surface area contributed by atoms with E-state index in [0.29, 0.717) is 10.7 Å². The minimum Gasteiger partial charge on any atom is -0.487 e. The molecular weight excluding hydrogens is 423 g/mol. The fourth-order valence-corrected chi connectivity index (χ4v) is 5.08. The topological polar surface area (TPSA) is 77.3 Å². The van der Waals surface area contributed by atoms with Crippen LogP contribution in [0, 0.1) is 0 Å². The van der Waals surface area contributed by atoms with Crippen LogP contribution in [0.5, 0.6) is 5.75 Å². The Morgan fingerprint density at radius 2 is 1.86 bits per heavy atom. The van der Waals surface area contributed by atoms with Crippen LogP contribution in [0.4, 0.5) is 0 Å². The van der Waals surface area contributed by atoms with E-state index < -0.39 is 10.0 Å². The molecule has 1 aliphatic rings. The third kappa shape index (κ3) is 3.86. The van der Waals surface area contributed by atoms with Crippen LogP contribution in [-0.4, -0.2) is 40.8 Å². The normalized spacial score (nSPS) is 15.4. The molecule has 1 fully saturated rings. The zero-order chi connectivity index (χ0) is 19.7. The first-order valence-corrected chi connectivity index (χ1v) is 10.7. The lowest BCUT2D eigenvalue weighted by molar-refractivity contribution is 0.189. The second-order valence-electron chi connectivity index (χ2n) is 6.34. The maximum absolute atomic E-state index is 12.7. The van der Waals surface area contributed by atoms with Crippen molar-refractivity contribution in [3.8, 4) is 5.75 Å². The standard InChI is InChI=1S/C18H16Cl2N4O3S/c19-13-6-7-17(20)18(8-13)28(25,26)23-10-15(11-23)24-9-14(21-22-24)12-27-16-4-2-1-3-5-16/h1-9,15H,10-12H2. The van der Waals surface area contributed by atoms with Crippen molar-refractivity contribution in [1.82, 2.24) is 19.3 Å². The number of ether oxygens (including phenoxy) is 1. The molecule has 10 heteroatoms. The number of para-hydroxylation sites is 1. The van der Waals surface area contributed by atoms with Gasteiger partial charge in [-0.25, -0.2) is 13.1 Å². The molecule has 0 N–H and O–H groups in total. The first-order valence-electron chi connectivity index (χ1n) is 8.47. The lowest BCUT2D eigenvalue weighted by atomic mass is 10.2. The molecule has 28 heavy (non-hydrogen) atoms. The molecule has 2 aromatic carbocycles. The minimum absolute atomic E-state index is 0.00987. The third-order valence-electron chi connectivity index (χ3n) is 4.40. The summed E-state index contributed by atoms with van der Waals surface area (Å²) in [6, 6.07) is 13.7. The predicted octanol–water partition coefficient (Wildman–Crippen LogP) is 3.41. The van der Waals surface area contributed by atoms with Gasteiger partial charge in [-0.05, 0) is 30.3 Å². The molecule has 0 amide bonds. The molecule has 3 aromatic rings. The number of hydrogen-bond donors (Lipinski definition) is 0. The van der Waals surface area contributed by atoms with Gasteiger partial charge in [0.2, 0.25) is 10.0 Å². The highest BCUT2D eigenvalue weighted by atomic mass is 35.5. The Kier molecular flexibility index (Phi) is 5.29. The van der Waals surface area contributed by atoms with Crippen molar-refractivity contribution in [3.05, 3.63) is 70.5 Å². The molecule has 0 aliphatic carbocycles. The summed E-state index contributed by atoms with van der Waals surface area (Å²) >= 11 is 12.0. The maximum atomic E-state index is 12.7. The van der Waals surface area contributed by atoms with Crippen LogP contribution in [0.1, 0.15) is 11.7 Å². The van der Waals surface area contributed by atoms with Gasteiger partial charge in [0, 0.05) is 18.1 Å². The van der Waals surface area contributed by atoms with E-state index in [1.807, 2.05) is 30.3 Å². The highest BCUT2D eigenvalue weighted by molar-refractivity contribution is 7.89. The van der Waals surface area contributed by atoms with Crippen LogP contribution in [0.15, 0.2) is 59.6 Å². The van der Waals surface area contributed by atoms with Crippen LogP contribution in [0.25, 0.3) is 0 Å². The monoisotopic (exact) mass is 438 g/mol. The van der Waals surface area contributed by atoms with Crippen molar-refractivity contribution in [2.45, 2.75) is 17.5 Å². The predicted molar refractivity (Wildman–Crippen MR) is 105 cm³/mol. The summed E-state index contributed by atoms with van der Waals surface area (Å²) in [5.41, 5.74) is 0.669. The van der Waals surface area contributed by atoms with Crippen molar-refractivity contribution < 1.29 is 13.2 Å². The van der Waals surface area contributed by atoms with Gasteiger partial charge in [-0.15, -0.1) is 5.10 Å². The highest BCUT2D eigenvalue weighted by Crippen LogP contribution is 2.32.